The van der Waals surface area contributed by atoms with Gasteiger partial charge in [0.15, 0.2) is 11.6 Å². The Kier molecular flexibility index (Phi) is 2.88. The Balaban J connectivity index is 2.65. The lowest BCUT2D eigenvalue weighted by atomic mass is 10.1. The summed E-state index contributed by atoms with van der Waals surface area (Å²) in [6, 6.07) is 4.29. The first-order chi connectivity index (χ1) is 8.50. The van der Waals surface area contributed by atoms with Crippen LogP contribution in [-0.2, 0) is 0 Å². The minimum Gasteiger partial charge on any atom is -0.477 e. The Morgan fingerprint density at radius 2 is 2.06 bits per heavy atom. The molecule has 0 saturated heterocycles. The van der Waals surface area contributed by atoms with Gasteiger partial charge in [0.2, 0.25) is 0 Å². The van der Waals surface area contributed by atoms with Gasteiger partial charge in [-0.3, -0.25) is 4.79 Å². The number of carbonyl (C=O) groups is 1. The van der Waals surface area contributed by atoms with Gasteiger partial charge in [0.25, 0.3) is 5.56 Å². The first-order valence-electron chi connectivity index (χ1n) is 4.78. The lowest BCUT2D eigenvalue weighted by molar-refractivity contribution is 0.0694. The first kappa shape index (κ1) is 11.9. The highest BCUT2D eigenvalue weighted by molar-refractivity contribution is 5.88. The molecule has 0 aliphatic carbocycles. The summed E-state index contributed by atoms with van der Waals surface area (Å²) in [5.41, 5.74) is -1.90. The van der Waals surface area contributed by atoms with Crippen molar-refractivity contribution in [3.8, 4) is 11.3 Å². The molecule has 1 heterocycles. The van der Waals surface area contributed by atoms with Crippen LogP contribution in [0.5, 0.6) is 0 Å². The third-order valence-corrected chi connectivity index (χ3v) is 2.26. The van der Waals surface area contributed by atoms with E-state index in [4.69, 9.17) is 5.11 Å². The number of aromatic nitrogens is 2. The van der Waals surface area contributed by atoms with Gasteiger partial charge in [-0.2, -0.15) is 5.10 Å². The monoisotopic (exact) mass is 252 g/mol. The fourth-order valence-electron chi connectivity index (χ4n) is 1.40. The van der Waals surface area contributed by atoms with Crippen LogP contribution in [0.4, 0.5) is 8.78 Å². The molecule has 2 rings (SSSR count). The van der Waals surface area contributed by atoms with Gasteiger partial charge in [0.1, 0.15) is 5.56 Å². The number of carboxylic acid groups (broad SMARTS) is 1. The summed E-state index contributed by atoms with van der Waals surface area (Å²) in [6.45, 7) is 0. The third-order valence-electron chi connectivity index (χ3n) is 2.26. The molecule has 0 bridgehead atoms. The lowest BCUT2D eigenvalue weighted by Crippen LogP contribution is -2.19. The van der Waals surface area contributed by atoms with Gasteiger partial charge in [-0.05, 0) is 18.2 Å². The summed E-state index contributed by atoms with van der Waals surface area (Å²) in [5.74, 6) is -3.72. The number of hydrogen-bond donors (Lipinski definition) is 2. The second kappa shape index (κ2) is 4.36. The van der Waals surface area contributed by atoms with Crippen molar-refractivity contribution in [3.05, 3.63) is 51.8 Å². The summed E-state index contributed by atoms with van der Waals surface area (Å²) in [5, 5.41) is 14.2. The second-order valence-corrected chi connectivity index (χ2v) is 3.40. The normalized spacial score (nSPS) is 10.3. The molecule has 0 atom stereocenters. The highest BCUT2D eigenvalue weighted by Gasteiger charge is 2.15. The zero-order chi connectivity index (χ0) is 13.3. The third kappa shape index (κ3) is 1.97. The van der Waals surface area contributed by atoms with Crippen molar-refractivity contribution in [3.63, 3.8) is 0 Å². The van der Waals surface area contributed by atoms with Crippen molar-refractivity contribution in [2.75, 3.05) is 0 Å². The summed E-state index contributed by atoms with van der Waals surface area (Å²) >= 11 is 0. The van der Waals surface area contributed by atoms with Crippen LogP contribution in [0.25, 0.3) is 11.3 Å². The number of nitrogens with one attached hydrogen (secondary N) is 1. The molecule has 7 heteroatoms. The number of hydrogen-bond acceptors (Lipinski definition) is 3. The van der Waals surface area contributed by atoms with E-state index in [2.05, 4.69) is 5.10 Å². The zero-order valence-corrected chi connectivity index (χ0v) is 8.78. The smallest absolute Gasteiger partial charge is 0.341 e. The number of benzene rings is 1. The molecular weight excluding hydrogens is 246 g/mol. The van der Waals surface area contributed by atoms with Gasteiger partial charge < -0.3 is 5.11 Å². The number of rotatable bonds is 2. The van der Waals surface area contributed by atoms with Crippen LogP contribution in [-0.4, -0.2) is 21.3 Å². The Hall–Kier alpha value is -2.57. The van der Waals surface area contributed by atoms with Crippen LogP contribution < -0.4 is 5.56 Å². The van der Waals surface area contributed by atoms with E-state index in [0.717, 1.165) is 12.1 Å². The van der Waals surface area contributed by atoms with Crippen LogP contribution in [0, 0.1) is 11.6 Å². The van der Waals surface area contributed by atoms with Gasteiger partial charge in [-0.15, -0.1) is 0 Å². The molecule has 0 unspecified atom stereocenters. The van der Waals surface area contributed by atoms with E-state index in [0.29, 0.717) is 0 Å². The number of H-pyrrole nitrogens is 1. The average Bonchev–Trinajstić information content (AvgIpc) is 2.33. The highest BCUT2D eigenvalue weighted by Crippen LogP contribution is 2.21. The van der Waals surface area contributed by atoms with E-state index in [9.17, 15) is 18.4 Å². The number of carboxylic acids is 1. The van der Waals surface area contributed by atoms with Gasteiger partial charge >= 0.3 is 5.97 Å². The molecule has 0 spiro atoms. The molecule has 2 N–H and O–H groups in total. The van der Waals surface area contributed by atoms with E-state index < -0.39 is 28.7 Å². The fraction of sp³-hybridized carbons (Fsp3) is 0. The number of halogens is 2. The van der Waals surface area contributed by atoms with Crippen molar-refractivity contribution >= 4 is 5.97 Å². The summed E-state index contributed by atoms with van der Waals surface area (Å²) in [6.07, 6.45) is 0. The highest BCUT2D eigenvalue weighted by atomic mass is 19.2. The van der Waals surface area contributed by atoms with Crippen LogP contribution in [0.3, 0.4) is 0 Å². The second-order valence-electron chi connectivity index (χ2n) is 3.40. The molecule has 92 valence electrons. The largest absolute Gasteiger partial charge is 0.477 e. The van der Waals surface area contributed by atoms with Crippen molar-refractivity contribution in [2.45, 2.75) is 0 Å². The van der Waals surface area contributed by atoms with Gasteiger partial charge in [0.05, 0.1) is 5.69 Å². The van der Waals surface area contributed by atoms with E-state index in [1.54, 1.807) is 0 Å². The Morgan fingerprint density at radius 1 is 1.33 bits per heavy atom. The number of aromatic amines is 1. The van der Waals surface area contributed by atoms with Gasteiger partial charge in [-0.1, -0.05) is 6.07 Å². The minimum absolute atomic E-state index is 0.163. The molecule has 5 nitrogen and oxygen atoms in total. The van der Waals surface area contributed by atoms with Crippen molar-refractivity contribution in [1.29, 1.82) is 0 Å². The number of aromatic carboxylic acids is 1. The van der Waals surface area contributed by atoms with E-state index >= 15 is 0 Å². The molecule has 0 aliphatic heterocycles. The summed E-state index contributed by atoms with van der Waals surface area (Å²) in [4.78, 5) is 21.9. The van der Waals surface area contributed by atoms with Gasteiger partial charge in [-0.25, -0.2) is 18.7 Å². The van der Waals surface area contributed by atoms with E-state index in [-0.39, 0.29) is 11.3 Å². The minimum atomic E-state index is -1.48. The van der Waals surface area contributed by atoms with E-state index in [1.165, 1.54) is 12.1 Å². The van der Waals surface area contributed by atoms with Gasteiger partial charge in [0, 0.05) is 5.56 Å². The van der Waals surface area contributed by atoms with Crippen LogP contribution >= 0.6 is 0 Å². The Morgan fingerprint density at radius 3 is 2.72 bits per heavy atom. The quantitative estimate of drug-likeness (QED) is 0.846. The van der Waals surface area contributed by atoms with E-state index in [1.807, 2.05) is 5.10 Å². The Labute approximate surface area is 98.7 Å². The molecule has 1 aromatic heterocycles. The molecule has 0 aliphatic rings. The van der Waals surface area contributed by atoms with Crippen molar-refractivity contribution < 1.29 is 18.7 Å². The summed E-state index contributed by atoms with van der Waals surface area (Å²) < 4.78 is 26.5. The van der Waals surface area contributed by atoms with Crippen molar-refractivity contribution in [1.82, 2.24) is 10.2 Å². The SMILES string of the molecule is O=C(O)c1cc(-c2cccc(F)c2F)n[nH]c1=O. The molecule has 0 fully saturated rings. The molecule has 0 saturated carbocycles. The number of nitrogens with zero attached hydrogens (tertiary/aromatic N) is 1. The molecule has 2 aromatic rings. The maximum atomic E-state index is 13.5. The van der Waals surface area contributed by atoms with Crippen LogP contribution in [0.2, 0.25) is 0 Å². The zero-order valence-electron chi connectivity index (χ0n) is 8.78. The lowest BCUT2D eigenvalue weighted by Gasteiger charge is -2.03. The molecule has 0 amide bonds. The predicted molar refractivity (Wildman–Crippen MR) is 57.2 cm³/mol. The molecule has 1 aromatic carbocycles. The topological polar surface area (TPSA) is 83.0 Å². The Bertz CT molecular complexity index is 682. The van der Waals surface area contributed by atoms with Crippen LogP contribution in [0.15, 0.2) is 29.1 Å². The molecular formula is C11H6F2N2O3. The molecule has 0 radical (unpaired) electrons. The average molecular weight is 252 g/mol. The first-order valence-corrected chi connectivity index (χ1v) is 4.78. The van der Waals surface area contributed by atoms with Crippen molar-refractivity contribution in [2.24, 2.45) is 0 Å². The van der Waals surface area contributed by atoms with Crippen LogP contribution in [0.1, 0.15) is 10.4 Å². The summed E-state index contributed by atoms with van der Waals surface area (Å²) in [7, 11) is 0. The maximum absolute atomic E-state index is 13.5. The maximum Gasteiger partial charge on any atom is 0.341 e. The fourth-order valence-corrected chi connectivity index (χ4v) is 1.40. The predicted octanol–water partition coefficient (Wildman–Crippen LogP) is 1.41. The standard InChI is InChI=1S/C11H6F2N2O3/c12-7-3-1-2-5(9(7)13)8-4-6(11(17)18)10(16)15-14-8/h1-4H,(H,15,16)(H,17,18). The molecule has 18 heavy (non-hydrogen) atoms.